The fraction of sp³-hybridized carbons (Fsp3) is 0.333. The fourth-order valence-electron chi connectivity index (χ4n) is 1.16. The van der Waals surface area contributed by atoms with E-state index in [4.69, 9.17) is 21.5 Å². The highest BCUT2D eigenvalue weighted by Crippen LogP contribution is 2.15. The lowest BCUT2D eigenvalue weighted by molar-refractivity contribution is 0.265. The number of hydrogen-bond acceptors (Lipinski definition) is 4. The van der Waals surface area contributed by atoms with Crippen LogP contribution in [-0.2, 0) is 15.5 Å². The van der Waals surface area contributed by atoms with Crippen molar-refractivity contribution < 1.29 is 13.5 Å². The largest absolute Gasteiger partial charge is 0.395 e. The van der Waals surface area contributed by atoms with Crippen LogP contribution >= 0.6 is 10.7 Å². The zero-order valence-electron chi connectivity index (χ0n) is 7.93. The maximum Gasteiger partial charge on any atom is 0.261 e. The monoisotopic (exact) mass is 249 g/mol. The first-order valence-electron chi connectivity index (χ1n) is 4.33. The molecule has 0 fully saturated rings. The molecule has 0 saturated carbocycles. The molecule has 84 valence electrons. The number of hydrogen-bond donors (Lipinski definition) is 2. The summed E-state index contributed by atoms with van der Waals surface area (Å²) in [4.78, 5) is 0.0606. The van der Waals surface area contributed by atoms with Gasteiger partial charge < -0.3 is 10.8 Å². The molecule has 0 saturated heterocycles. The molecule has 0 bridgehead atoms. The van der Waals surface area contributed by atoms with Gasteiger partial charge in [0.1, 0.15) is 0 Å². The second-order valence-corrected chi connectivity index (χ2v) is 5.79. The number of aliphatic hydroxyl groups is 1. The lowest BCUT2D eigenvalue weighted by Gasteiger charge is -2.07. The van der Waals surface area contributed by atoms with Crippen LogP contribution in [0.3, 0.4) is 0 Å². The van der Waals surface area contributed by atoms with Crippen molar-refractivity contribution in [1.29, 1.82) is 0 Å². The molecule has 0 spiro atoms. The lowest BCUT2D eigenvalue weighted by atomic mass is 10.1. The first-order valence-corrected chi connectivity index (χ1v) is 6.64. The van der Waals surface area contributed by atoms with E-state index in [-0.39, 0.29) is 17.5 Å². The predicted molar refractivity (Wildman–Crippen MR) is 58.2 cm³/mol. The molecule has 0 aliphatic carbocycles. The third-order valence-corrected chi connectivity index (χ3v) is 3.31. The van der Waals surface area contributed by atoms with Crippen LogP contribution in [0.4, 0.5) is 0 Å². The third kappa shape index (κ3) is 3.79. The zero-order chi connectivity index (χ0) is 11.5. The minimum Gasteiger partial charge on any atom is -0.395 e. The number of rotatable bonds is 4. The van der Waals surface area contributed by atoms with Crippen LogP contribution in [0.15, 0.2) is 29.2 Å². The minimum absolute atomic E-state index is 0.0606. The summed E-state index contributed by atoms with van der Waals surface area (Å²) < 4.78 is 21.8. The van der Waals surface area contributed by atoms with Gasteiger partial charge >= 0.3 is 0 Å². The Morgan fingerprint density at radius 1 is 1.33 bits per heavy atom. The molecular formula is C9H12ClNO3S. The van der Waals surface area contributed by atoms with Crippen molar-refractivity contribution in [2.45, 2.75) is 17.4 Å². The Hall–Kier alpha value is -0.620. The maximum absolute atomic E-state index is 10.9. The molecule has 6 heteroatoms. The van der Waals surface area contributed by atoms with Gasteiger partial charge in [-0.3, -0.25) is 0 Å². The molecule has 0 aliphatic heterocycles. The number of nitrogens with two attached hydrogens (primary N) is 1. The first kappa shape index (κ1) is 12.4. The van der Waals surface area contributed by atoms with E-state index in [1.807, 2.05) is 0 Å². The van der Waals surface area contributed by atoms with Crippen molar-refractivity contribution in [3.05, 3.63) is 29.8 Å². The molecule has 0 radical (unpaired) electrons. The van der Waals surface area contributed by atoms with Crippen molar-refractivity contribution in [2.75, 3.05) is 6.61 Å². The fourth-order valence-corrected chi connectivity index (χ4v) is 1.93. The van der Waals surface area contributed by atoms with Crippen molar-refractivity contribution in [3.63, 3.8) is 0 Å². The van der Waals surface area contributed by atoms with Gasteiger partial charge in [0.25, 0.3) is 9.05 Å². The SMILES string of the molecule is NC(CO)Cc1ccc(S(=O)(=O)Cl)cc1. The van der Waals surface area contributed by atoms with E-state index in [0.717, 1.165) is 5.56 Å². The Morgan fingerprint density at radius 3 is 2.27 bits per heavy atom. The third-order valence-electron chi connectivity index (χ3n) is 1.94. The van der Waals surface area contributed by atoms with Crippen LogP contribution in [0.5, 0.6) is 0 Å². The Bertz CT molecular complexity index is 415. The summed E-state index contributed by atoms with van der Waals surface area (Å²) in [5.41, 5.74) is 6.40. The molecule has 1 aromatic carbocycles. The van der Waals surface area contributed by atoms with E-state index < -0.39 is 9.05 Å². The van der Waals surface area contributed by atoms with Gasteiger partial charge in [0, 0.05) is 16.7 Å². The number of aliphatic hydroxyl groups excluding tert-OH is 1. The van der Waals surface area contributed by atoms with E-state index in [9.17, 15) is 8.42 Å². The standard InChI is InChI=1S/C9H12ClNO3S/c10-15(13,14)9-3-1-7(2-4-9)5-8(11)6-12/h1-4,8,12H,5-6,11H2. The average Bonchev–Trinajstić information content (AvgIpc) is 2.17. The molecule has 0 aliphatic rings. The second kappa shape index (κ2) is 4.94. The van der Waals surface area contributed by atoms with E-state index in [1.54, 1.807) is 12.1 Å². The van der Waals surface area contributed by atoms with E-state index >= 15 is 0 Å². The Balaban J connectivity index is 2.82. The molecule has 15 heavy (non-hydrogen) atoms. The van der Waals surface area contributed by atoms with Gasteiger partial charge in [0.15, 0.2) is 0 Å². The molecule has 0 aromatic heterocycles. The van der Waals surface area contributed by atoms with Crippen molar-refractivity contribution in [1.82, 2.24) is 0 Å². The molecule has 1 unspecified atom stereocenters. The second-order valence-electron chi connectivity index (χ2n) is 3.23. The summed E-state index contributed by atoms with van der Waals surface area (Å²) in [7, 11) is 1.49. The summed E-state index contributed by atoms with van der Waals surface area (Å²) in [6, 6.07) is 5.77. The summed E-state index contributed by atoms with van der Waals surface area (Å²) in [6.07, 6.45) is 0.499. The minimum atomic E-state index is -3.66. The highest BCUT2D eigenvalue weighted by molar-refractivity contribution is 8.13. The topological polar surface area (TPSA) is 80.4 Å². The van der Waals surface area contributed by atoms with Crippen LogP contribution in [0, 0.1) is 0 Å². The van der Waals surface area contributed by atoms with Crippen LogP contribution in [0.25, 0.3) is 0 Å². The maximum atomic E-state index is 10.9. The van der Waals surface area contributed by atoms with Crippen molar-refractivity contribution >= 4 is 19.7 Å². The number of halogens is 1. The van der Waals surface area contributed by atoms with E-state index in [0.29, 0.717) is 6.42 Å². The van der Waals surface area contributed by atoms with Gasteiger partial charge in [-0.25, -0.2) is 8.42 Å². The van der Waals surface area contributed by atoms with Crippen LogP contribution in [-0.4, -0.2) is 26.2 Å². The Kier molecular flexibility index (Phi) is 4.10. The molecule has 4 nitrogen and oxygen atoms in total. The summed E-state index contributed by atoms with van der Waals surface area (Å²) >= 11 is 0. The van der Waals surface area contributed by atoms with E-state index in [1.165, 1.54) is 12.1 Å². The normalized spacial score (nSPS) is 13.8. The van der Waals surface area contributed by atoms with Crippen molar-refractivity contribution in [2.24, 2.45) is 5.73 Å². The average molecular weight is 250 g/mol. The highest BCUT2D eigenvalue weighted by Gasteiger charge is 2.09. The Morgan fingerprint density at radius 2 is 1.87 bits per heavy atom. The van der Waals surface area contributed by atoms with Gasteiger partial charge in [0.2, 0.25) is 0 Å². The van der Waals surface area contributed by atoms with Crippen LogP contribution in [0.2, 0.25) is 0 Å². The summed E-state index contributed by atoms with van der Waals surface area (Å²) in [5, 5.41) is 8.74. The molecule has 1 aromatic rings. The summed E-state index contributed by atoms with van der Waals surface area (Å²) in [6.45, 7) is -0.102. The number of benzene rings is 1. The predicted octanol–water partition coefficient (Wildman–Crippen LogP) is 0.476. The van der Waals surface area contributed by atoms with Crippen molar-refractivity contribution in [3.8, 4) is 0 Å². The molecule has 0 heterocycles. The van der Waals surface area contributed by atoms with Gasteiger partial charge in [0.05, 0.1) is 11.5 Å². The van der Waals surface area contributed by atoms with Crippen LogP contribution < -0.4 is 5.73 Å². The van der Waals surface area contributed by atoms with Crippen LogP contribution in [0.1, 0.15) is 5.56 Å². The van der Waals surface area contributed by atoms with Gasteiger partial charge in [-0.2, -0.15) is 0 Å². The smallest absolute Gasteiger partial charge is 0.261 e. The molecule has 1 rings (SSSR count). The quantitative estimate of drug-likeness (QED) is 0.761. The van der Waals surface area contributed by atoms with Gasteiger partial charge in [-0.1, -0.05) is 12.1 Å². The first-order chi connectivity index (χ1) is 6.93. The molecule has 1 atom stereocenters. The molecular weight excluding hydrogens is 238 g/mol. The highest BCUT2D eigenvalue weighted by atomic mass is 35.7. The van der Waals surface area contributed by atoms with Gasteiger partial charge in [-0.05, 0) is 24.1 Å². The summed E-state index contributed by atoms with van der Waals surface area (Å²) in [5.74, 6) is 0. The molecule has 3 N–H and O–H groups in total. The van der Waals surface area contributed by atoms with E-state index in [2.05, 4.69) is 0 Å². The lowest BCUT2D eigenvalue weighted by Crippen LogP contribution is -2.26. The molecule has 0 amide bonds. The zero-order valence-corrected chi connectivity index (χ0v) is 9.50. The Labute approximate surface area is 93.1 Å². The van der Waals surface area contributed by atoms with Gasteiger partial charge in [-0.15, -0.1) is 0 Å².